The van der Waals surface area contributed by atoms with Gasteiger partial charge in [0, 0.05) is 13.7 Å². The van der Waals surface area contributed by atoms with E-state index in [9.17, 15) is 9.59 Å². The number of carbonyl (C=O) groups excluding carboxylic acids is 2. The molecule has 0 spiro atoms. The molecule has 2 atom stereocenters. The first-order chi connectivity index (χ1) is 9.73. The number of rotatable bonds is 7. The van der Waals surface area contributed by atoms with Crippen LogP contribution in [0, 0.1) is 5.92 Å². The maximum absolute atomic E-state index is 12.7. The number of piperazine rings is 1. The van der Waals surface area contributed by atoms with Gasteiger partial charge in [-0.2, -0.15) is 0 Å². The molecule has 0 aromatic carbocycles. The van der Waals surface area contributed by atoms with E-state index in [-0.39, 0.29) is 29.4 Å². The van der Waals surface area contributed by atoms with Gasteiger partial charge < -0.3 is 15.0 Å². The van der Waals surface area contributed by atoms with E-state index in [1.807, 2.05) is 34.6 Å². The molecule has 1 rings (SSSR count). The Hall–Kier alpha value is -1.10. The molecule has 1 aliphatic heterocycles. The van der Waals surface area contributed by atoms with E-state index >= 15 is 0 Å². The summed E-state index contributed by atoms with van der Waals surface area (Å²) in [5.41, 5.74) is -0.293. The number of ether oxygens (including phenoxy) is 1. The normalized spacial score (nSPS) is 23.7. The number of amides is 2. The van der Waals surface area contributed by atoms with Crippen molar-refractivity contribution in [1.82, 2.24) is 10.2 Å². The molecule has 0 aromatic heterocycles. The molecule has 2 unspecified atom stereocenters. The second kappa shape index (κ2) is 7.25. The fourth-order valence-electron chi connectivity index (χ4n) is 2.55. The predicted octanol–water partition coefficient (Wildman–Crippen LogP) is 1.95. The number of carbonyl (C=O) groups is 2. The van der Waals surface area contributed by atoms with Crippen LogP contribution in [0.5, 0.6) is 0 Å². The molecular formula is C16H30N2O3. The van der Waals surface area contributed by atoms with Crippen LogP contribution in [0.25, 0.3) is 0 Å². The fraction of sp³-hybridized carbons (Fsp3) is 0.875. The van der Waals surface area contributed by atoms with Crippen molar-refractivity contribution in [1.29, 1.82) is 0 Å². The van der Waals surface area contributed by atoms with E-state index in [4.69, 9.17) is 4.74 Å². The van der Waals surface area contributed by atoms with Crippen molar-refractivity contribution >= 4 is 11.8 Å². The standard InChI is InChI=1S/C16H30N2O3/c1-7-8-12-14(19)17-13(11(2)3)15(20)18(12)10-9-16(4,5)21-6/h11-13H,7-10H2,1-6H3,(H,17,19). The van der Waals surface area contributed by atoms with Gasteiger partial charge in [0.05, 0.1) is 5.60 Å². The minimum atomic E-state index is -0.406. The van der Waals surface area contributed by atoms with Gasteiger partial charge in [-0.15, -0.1) is 0 Å². The highest BCUT2D eigenvalue weighted by Gasteiger charge is 2.41. The Bertz CT molecular complexity index is 380. The van der Waals surface area contributed by atoms with Crippen molar-refractivity contribution < 1.29 is 14.3 Å². The van der Waals surface area contributed by atoms with Gasteiger partial charge in [0.2, 0.25) is 11.8 Å². The van der Waals surface area contributed by atoms with Gasteiger partial charge in [-0.05, 0) is 32.6 Å². The van der Waals surface area contributed by atoms with Crippen molar-refractivity contribution in [3.8, 4) is 0 Å². The molecule has 0 aromatic rings. The van der Waals surface area contributed by atoms with Crippen LogP contribution >= 0.6 is 0 Å². The van der Waals surface area contributed by atoms with Crippen molar-refractivity contribution in [2.75, 3.05) is 13.7 Å². The Morgan fingerprint density at radius 2 is 1.95 bits per heavy atom. The van der Waals surface area contributed by atoms with Gasteiger partial charge in [0.1, 0.15) is 12.1 Å². The maximum atomic E-state index is 12.7. The monoisotopic (exact) mass is 298 g/mol. The molecule has 0 bridgehead atoms. The van der Waals surface area contributed by atoms with E-state index in [1.165, 1.54) is 0 Å². The topological polar surface area (TPSA) is 58.6 Å². The summed E-state index contributed by atoms with van der Waals surface area (Å²) < 4.78 is 5.42. The first-order valence-electron chi connectivity index (χ1n) is 7.89. The number of nitrogens with one attached hydrogen (secondary N) is 1. The Kier molecular flexibility index (Phi) is 6.20. The third-order valence-electron chi connectivity index (χ3n) is 4.26. The minimum absolute atomic E-state index is 0.0228. The molecule has 5 heteroatoms. The summed E-state index contributed by atoms with van der Waals surface area (Å²) in [5, 5.41) is 2.88. The molecule has 21 heavy (non-hydrogen) atoms. The zero-order valence-corrected chi connectivity index (χ0v) is 14.2. The Labute approximate surface area is 128 Å². The lowest BCUT2D eigenvalue weighted by atomic mass is 9.95. The maximum Gasteiger partial charge on any atom is 0.246 e. The lowest BCUT2D eigenvalue weighted by Crippen LogP contribution is -2.65. The summed E-state index contributed by atoms with van der Waals surface area (Å²) in [6.07, 6.45) is 2.30. The van der Waals surface area contributed by atoms with Crippen LogP contribution in [0.3, 0.4) is 0 Å². The molecule has 1 fully saturated rings. The van der Waals surface area contributed by atoms with Gasteiger partial charge in [-0.25, -0.2) is 0 Å². The highest BCUT2D eigenvalue weighted by Crippen LogP contribution is 2.22. The van der Waals surface area contributed by atoms with Crippen LogP contribution in [-0.4, -0.2) is 48.1 Å². The smallest absolute Gasteiger partial charge is 0.246 e. The van der Waals surface area contributed by atoms with Crippen molar-refractivity contribution in [3.63, 3.8) is 0 Å². The van der Waals surface area contributed by atoms with Crippen LogP contribution in [0.1, 0.15) is 53.9 Å². The van der Waals surface area contributed by atoms with Gasteiger partial charge in [0.15, 0.2) is 0 Å². The molecule has 122 valence electrons. The first-order valence-corrected chi connectivity index (χ1v) is 7.89. The Balaban J connectivity index is 2.89. The van der Waals surface area contributed by atoms with E-state index in [0.29, 0.717) is 19.4 Å². The molecule has 2 amide bonds. The van der Waals surface area contributed by atoms with Crippen molar-refractivity contribution in [2.24, 2.45) is 5.92 Å². The Morgan fingerprint density at radius 3 is 2.43 bits per heavy atom. The van der Waals surface area contributed by atoms with Crippen molar-refractivity contribution in [2.45, 2.75) is 71.6 Å². The number of hydrogen-bond acceptors (Lipinski definition) is 3. The highest BCUT2D eigenvalue weighted by atomic mass is 16.5. The lowest BCUT2D eigenvalue weighted by Gasteiger charge is -2.41. The lowest BCUT2D eigenvalue weighted by molar-refractivity contribution is -0.151. The second-order valence-electron chi connectivity index (χ2n) is 6.78. The largest absolute Gasteiger partial charge is 0.379 e. The number of nitrogens with zero attached hydrogens (tertiary/aromatic N) is 1. The van der Waals surface area contributed by atoms with Crippen LogP contribution < -0.4 is 5.32 Å². The van der Waals surface area contributed by atoms with E-state index < -0.39 is 6.04 Å². The molecule has 0 radical (unpaired) electrons. The number of hydrogen-bond donors (Lipinski definition) is 1. The molecule has 1 heterocycles. The molecule has 1 aliphatic rings. The van der Waals surface area contributed by atoms with E-state index in [0.717, 1.165) is 6.42 Å². The van der Waals surface area contributed by atoms with E-state index in [1.54, 1.807) is 12.0 Å². The molecule has 0 saturated carbocycles. The Morgan fingerprint density at radius 1 is 1.33 bits per heavy atom. The third kappa shape index (κ3) is 4.43. The summed E-state index contributed by atoms with van der Waals surface area (Å²) in [7, 11) is 1.67. The van der Waals surface area contributed by atoms with Gasteiger partial charge in [0.25, 0.3) is 0 Å². The summed E-state index contributed by atoms with van der Waals surface area (Å²) in [4.78, 5) is 26.7. The molecule has 1 saturated heterocycles. The molecule has 1 N–H and O–H groups in total. The number of methoxy groups -OCH3 is 1. The summed E-state index contributed by atoms with van der Waals surface area (Å²) in [6, 6.07) is -0.749. The van der Waals surface area contributed by atoms with Gasteiger partial charge in [-0.1, -0.05) is 27.2 Å². The van der Waals surface area contributed by atoms with E-state index in [2.05, 4.69) is 5.32 Å². The van der Waals surface area contributed by atoms with Gasteiger partial charge >= 0.3 is 0 Å². The zero-order chi connectivity index (χ0) is 16.2. The fourth-order valence-corrected chi connectivity index (χ4v) is 2.55. The summed E-state index contributed by atoms with van der Waals surface area (Å²) in [5.74, 6) is 0.113. The summed E-state index contributed by atoms with van der Waals surface area (Å²) >= 11 is 0. The van der Waals surface area contributed by atoms with Crippen LogP contribution in [0.4, 0.5) is 0 Å². The summed E-state index contributed by atoms with van der Waals surface area (Å²) in [6.45, 7) is 10.5. The average Bonchev–Trinajstić information content (AvgIpc) is 2.41. The molecular weight excluding hydrogens is 268 g/mol. The predicted molar refractivity (Wildman–Crippen MR) is 82.9 cm³/mol. The third-order valence-corrected chi connectivity index (χ3v) is 4.26. The quantitative estimate of drug-likeness (QED) is 0.781. The van der Waals surface area contributed by atoms with Gasteiger partial charge in [-0.3, -0.25) is 9.59 Å². The SMILES string of the molecule is CCCC1C(=O)NC(C(C)C)C(=O)N1CCC(C)(C)OC. The molecule has 5 nitrogen and oxygen atoms in total. The van der Waals surface area contributed by atoms with Crippen molar-refractivity contribution in [3.05, 3.63) is 0 Å². The van der Waals surface area contributed by atoms with Crippen LogP contribution in [0.15, 0.2) is 0 Å². The minimum Gasteiger partial charge on any atom is -0.379 e. The zero-order valence-electron chi connectivity index (χ0n) is 14.2. The second-order valence-corrected chi connectivity index (χ2v) is 6.78. The van der Waals surface area contributed by atoms with Crippen LogP contribution in [0.2, 0.25) is 0 Å². The first kappa shape index (κ1) is 18.0. The molecule has 0 aliphatic carbocycles. The van der Waals surface area contributed by atoms with Crippen LogP contribution in [-0.2, 0) is 14.3 Å². The highest BCUT2D eigenvalue weighted by molar-refractivity contribution is 5.97. The average molecular weight is 298 g/mol.